The van der Waals surface area contributed by atoms with E-state index < -0.39 is 0 Å². The molecule has 2 nitrogen and oxygen atoms in total. The van der Waals surface area contributed by atoms with Crippen LogP contribution in [0.5, 0.6) is 0 Å². The predicted octanol–water partition coefficient (Wildman–Crippen LogP) is 3.79. The lowest BCUT2D eigenvalue weighted by molar-refractivity contribution is 1.43. The van der Waals surface area contributed by atoms with E-state index in [1.54, 1.807) is 0 Å². The second-order valence-corrected chi connectivity index (χ2v) is 4.24. The smallest absolute Gasteiger partial charge is 0.0769 e. The van der Waals surface area contributed by atoms with E-state index in [0.717, 1.165) is 11.4 Å². The van der Waals surface area contributed by atoms with Gasteiger partial charge in [0.1, 0.15) is 0 Å². The number of hydrogen-bond acceptors (Lipinski definition) is 2. The highest BCUT2D eigenvalue weighted by Crippen LogP contribution is 2.16. The Labute approximate surface area is 97.4 Å². The van der Waals surface area contributed by atoms with Crippen LogP contribution in [-0.4, -0.2) is 9.36 Å². The molecule has 3 rings (SSSR count). The van der Waals surface area contributed by atoms with Crippen molar-refractivity contribution in [3.8, 4) is 0 Å². The third kappa shape index (κ3) is 1.77. The van der Waals surface area contributed by atoms with Crippen molar-refractivity contribution < 1.29 is 0 Å². The minimum Gasteiger partial charge on any atom is -0.355 e. The fraction of sp³-hybridized carbons (Fsp3) is 0. The van der Waals surface area contributed by atoms with Gasteiger partial charge in [0, 0.05) is 16.6 Å². The lowest BCUT2D eigenvalue weighted by Gasteiger charge is -1.85. The molecule has 2 aromatic heterocycles. The molecule has 2 heterocycles. The van der Waals surface area contributed by atoms with Gasteiger partial charge in [-0.05, 0) is 47.3 Å². The van der Waals surface area contributed by atoms with Gasteiger partial charge in [0.2, 0.25) is 0 Å². The van der Waals surface area contributed by atoms with Gasteiger partial charge in [-0.15, -0.1) is 0 Å². The Kier molecular flexibility index (Phi) is 2.31. The highest BCUT2D eigenvalue weighted by molar-refractivity contribution is 7.03. The van der Waals surface area contributed by atoms with Crippen LogP contribution in [0.2, 0.25) is 0 Å². The number of aromatic nitrogens is 2. The van der Waals surface area contributed by atoms with Crippen LogP contribution in [0.1, 0.15) is 11.4 Å². The van der Waals surface area contributed by atoms with Crippen LogP contribution in [0, 0.1) is 0 Å². The van der Waals surface area contributed by atoms with Crippen LogP contribution in [0.3, 0.4) is 0 Å². The van der Waals surface area contributed by atoms with E-state index in [4.69, 9.17) is 0 Å². The Morgan fingerprint density at radius 2 is 2.06 bits per heavy atom. The number of nitrogens with zero attached hydrogens (tertiary/aromatic N) is 1. The van der Waals surface area contributed by atoms with Gasteiger partial charge in [-0.1, -0.05) is 18.2 Å². The monoisotopic (exact) mass is 226 g/mol. The molecule has 3 aromatic rings. The maximum absolute atomic E-state index is 4.23. The van der Waals surface area contributed by atoms with Crippen molar-refractivity contribution in [1.82, 2.24) is 9.36 Å². The van der Waals surface area contributed by atoms with Crippen molar-refractivity contribution in [1.29, 1.82) is 0 Å². The van der Waals surface area contributed by atoms with Crippen molar-refractivity contribution in [3.05, 3.63) is 53.2 Å². The summed E-state index contributed by atoms with van der Waals surface area (Å²) in [5, 5.41) is 3.21. The summed E-state index contributed by atoms with van der Waals surface area (Å²) in [6, 6.07) is 12.4. The quantitative estimate of drug-likeness (QED) is 0.707. The predicted molar refractivity (Wildman–Crippen MR) is 69.3 cm³/mol. The van der Waals surface area contributed by atoms with E-state index in [-0.39, 0.29) is 0 Å². The SMILES string of the molecule is C(=Cc1cc2ccccc2[nH]1)c1ccsn1. The highest BCUT2D eigenvalue weighted by Gasteiger charge is 1.96. The van der Waals surface area contributed by atoms with Gasteiger partial charge in [-0.2, -0.15) is 4.37 Å². The molecule has 3 heteroatoms. The Hall–Kier alpha value is -1.87. The lowest BCUT2D eigenvalue weighted by atomic mass is 10.2. The summed E-state index contributed by atoms with van der Waals surface area (Å²) in [5.41, 5.74) is 3.28. The molecule has 16 heavy (non-hydrogen) atoms. The first-order valence-corrected chi connectivity index (χ1v) is 5.92. The Morgan fingerprint density at radius 3 is 2.88 bits per heavy atom. The third-order valence-electron chi connectivity index (χ3n) is 2.44. The lowest BCUT2D eigenvalue weighted by Crippen LogP contribution is -1.70. The molecule has 0 fully saturated rings. The standard InChI is InChI=1S/C13H10N2S/c1-2-4-13-10(3-1)9-12(14-13)6-5-11-7-8-16-15-11/h1-9,14H. The topological polar surface area (TPSA) is 28.7 Å². The molecule has 0 aliphatic rings. The number of para-hydroxylation sites is 1. The zero-order chi connectivity index (χ0) is 10.8. The molecule has 1 aromatic carbocycles. The van der Waals surface area contributed by atoms with E-state index in [2.05, 4.69) is 33.6 Å². The third-order valence-corrected chi connectivity index (χ3v) is 3.02. The van der Waals surface area contributed by atoms with Gasteiger partial charge < -0.3 is 4.98 Å². The minimum atomic E-state index is 1.00. The summed E-state index contributed by atoms with van der Waals surface area (Å²) in [6.45, 7) is 0. The van der Waals surface area contributed by atoms with E-state index in [1.807, 2.05) is 29.7 Å². The first-order valence-electron chi connectivity index (χ1n) is 5.08. The molecule has 1 N–H and O–H groups in total. The van der Waals surface area contributed by atoms with Crippen LogP contribution >= 0.6 is 11.5 Å². The van der Waals surface area contributed by atoms with Crippen molar-refractivity contribution in [2.75, 3.05) is 0 Å². The number of fused-ring (bicyclic) bond motifs is 1. The summed E-state index contributed by atoms with van der Waals surface area (Å²) in [7, 11) is 0. The average molecular weight is 226 g/mol. The number of rotatable bonds is 2. The Bertz CT molecular complexity index is 587. The van der Waals surface area contributed by atoms with Crippen LogP contribution < -0.4 is 0 Å². The first kappa shape index (κ1) is 9.36. The first-order chi connectivity index (χ1) is 7.92. The molecular formula is C13H10N2S. The number of H-pyrrole nitrogens is 1. The number of benzene rings is 1. The molecule has 0 radical (unpaired) electrons. The fourth-order valence-electron chi connectivity index (χ4n) is 1.67. The molecule has 0 saturated heterocycles. The highest BCUT2D eigenvalue weighted by atomic mass is 32.1. The molecule has 0 unspecified atom stereocenters. The van der Waals surface area contributed by atoms with Gasteiger partial charge in [0.05, 0.1) is 5.69 Å². The normalized spacial score (nSPS) is 11.5. The summed E-state index contributed by atoms with van der Waals surface area (Å²) in [5.74, 6) is 0. The number of hydrogen-bond donors (Lipinski definition) is 1. The molecule has 0 amide bonds. The largest absolute Gasteiger partial charge is 0.355 e. The molecule has 0 spiro atoms. The molecule has 0 aliphatic heterocycles. The summed E-state index contributed by atoms with van der Waals surface area (Å²) >= 11 is 1.47. The minimum absolute atomic E-state index is 1.00. The molecule has 0 aliphatic carbocycles. The van der Waals surface area contributed by atoms with E-state index in [1.165, 1.54) is 22.4 Å². The summed E-state index contributed by atoms with van der Waals surface area (Å²) < 4.78 is 4.23. The molecule has 0 bridgehead atoms. The van der Waals surface area contributed by atoms with E-state index >= 15 is 0 Å². The van der Waals surface area contributed by atoms with E-state index in [9.17, 15) is 0 Å². The summed E-state index contributed by atoms with van der Waals surface area (Å²) in [6.07, 6.45) is 4.07. The summed E-state index contributed by atoms with van der Waals surface area (Å²) in [4.78, 5) is 3.35. The molecule has 0 atom stereocenters. The van der Waals surface area contributed by atoms with Crippen molar-refractivity contribution in [2.45, 2.75) is 0 Å². The van der Waals surface area contributed by atoms with Gasteiger partial charge in [-0.25, -0.2) is 0 Å². The van der Waals surface area contributed by atoms with E-state index in [0.29, 0.717) is 0 Å². The maximum atomic E-state index is 4.23. The van der Waals surface area contributed by atoms with Gasteiger partial charge in [0.25, 0.3) is 0 Å². The van der Waals surface area contributed by atoms with Crippen LogP contribution in [0.25, 0.3) is 23.1 Å². The molecular weight excluding hydrogens is 216 g/mol. The van der Waals surface area contributed by atoms with Crippen LogP contribution in [-0.2, 0) is 0 Å². The van der Waals surface area contributed by atoms with Gasteiger partial charge >= 0.3 is 0 Å². The van der Waals surface area contributed by atoms with Crippen LogP contribution in [0.4, 0.5) is 0 Å². The van der Waals surface area contributed by atoms with Crippen LogP contribution in [0.15, 0.2) is 41.8 Å². The van der Waals surface area contributed by atoms with Crippen molar-refractivity contribution in [2.24, 2.45) is 0 Å². The Morgan fingerprint density at radius 1 is 1.12 bits per heavy atom. The fourth-order valence-corrected chi connectivity index (χ4v) is 2.17. The second-order valence-electron chi connectivity index (χ2n) is 3.57. The second kappa shape index (κ2) is 3.94. The Balaban J connectivity index is 1.95. The zero-order valence-corrected chi connectivity index (χ0v) is 9.37. The van der Waals surface area contributed by atoms with Crippen molar-refractivity contribution in [3.63, 3.8) is 0 Å². The maximum Gasteiger partial charge on any atom is 0.0769 e. The van der Waals surface area contributed by atoms with Crippen molar-refractivity contribution >= 4 is 34.6 Å². The van der Waals surface area contributed by atoms with Gasteiger partial charge in [0.15, 0.2) is 0 Å². The molecule has 78 valence electrons. The number of aromatic amines is 1. The average Bonchev–Trinajstić information content (AvgIpc) is 2.95. The number of nitrogens with one attached hydrogen (secondary N) is 1. The molecule has 0 saturated carbocycles. The van der Waals surface area contributed by atoms with Gasteiger partial charge in [-0.3, -0.25) is 0 Å². The zero-order valence-electron chi connectivity index (χ0n) is 8.55.